The topological polar surface area (TPSA) is 23.5 Å². The van der Waals surface area contributed by atoms with Gasteiger partial charge in [-0.2, -0.15) is 0 Å². The van der Waals surface area contributed by atoms with Crippen molar-refractivity contribution in [2.75, 3.05) is 14.1 Å². The van der Waals surface area contributed by atoms with Crippen LogP contribution in [0.3, 0.4) is 0 Å². The van der Waals surface area contributed by atoms with Crippen molar-refractivity contribution in [1.82, 2.24) is 4.90 Å². The Morgan fingerprint density at radius 1 is 1.60 bits per heavy atom. The summed E-state index contributed by atoms with van der Waals surface area (Å²) in [6, 6.07) is 0. The monoisotopic (exact) mass is 143 g/mol. The number of hydrogen-bond acceptors (Lipinski definition) is 2. The molecule has 0 aliphatic heterocycles. The van der Waals surface area contributed by atoms with E-state index in [0.29, 0.717) is 0 Å². The predicted octanol–water partition coefficient (Wildman–Crippen LogP) is 1.22. The Morgan fingerprint density at radius 3 is 2.60 bits per heavy atom. The third-order valence-corrected chi connectivity index (χ3v) is 1.47. The van der Waals surface area contributed by atoms with Crippen LogP contribution in [-0.2, 0) is 0 Å². The van der Waals surface area contributed by atoms with Crippen LogP contribution in [-0.4, -0.2) is 30.3 Å². The number of aliphatic hydroxyl groups excluding tert-OH is 1. The smallest absolute Gasteiger partial charge is 0.106 e. The van der Waals surface area contributed by atoms with Crippen LogP contribution in [0.15, 0.2) is 12.7 Å². The second kappa shape index (κ2) is 5.45. The third kappa shape index (κ3) is 4.53. The first-order valence-electron chi connectivity index (χ1n) is 3.64. The summed E-state index contributed by atoms with van der Waals surface area (Å²) >= 11 is 0. The predicted molar refractivity (Wildman–Crippen MR) is 43.7 cm³/mol. The lowest BCUT2D eigenvalue weighted by atomic mass is 10.2. The molecule has 0 bridgehead atoms. The maximum absolute atomic E-state index is 9.24. The molecule has 2 heteroatoms. The van der Waals surface area contributed by atoms with Crippen molar-refractivity contribution in [3.63, 3.8) is 0 Å². The number of rotatable bonds is 5. The van der Waals surface area contributed by atoms with Gasteiger partial charge in [-0.1, -0.05) is 6.08 Å². The van der Waals surface area contributed by atoms with Gasteiger partial charge in [-0.25, -0.2) is 0 Å². The molecule has 0 aliphatic carbocycles. The van der Waals surface area contributed by atoms with Crippen LogP contribution in [0.4, 0.5) is 0 Å². The van der Waals surface area contributed by atoms with Crippen molar-refractivity contribution in [2.45, 2.75) is 25.5 Å². The van der Waals surface area contributed by atoms with Gasteiger partial charge in [0.1, 0.15) is 6.23 Å². The van der Waals surface area contributed by atoms with Gasteiger partial charge in [0.2, 0.25) is 0 Å². The first kappa shape index (κ1) is 9.66. The van der Waals surface area contributed by atoms with E-state index in [4.69, 9.17) is 0 Å². The summed E-state index contributed by atoms with van der Waals surface area (Å²) in [4.78, 5) is 1.81. The maximum Gasteiger partial charge on any atom is 0.106 e. The van der Waals surface area contributed by atoms with Crippen LogP contribution in [0, 0.1) is 0 Å². The first-order valence-corrected chi connectivity index (χ1v) is 3.64. The van der Waals surface area contributed by atoms with E-state index in [1.54, 1.807) is 0 Å². The van der Waals surface area contributed by atoms with Crippen LogP contribution in [0.5, 0.6) is 0 Å². The molecule has 0 aliphatic rings. The highest BCUT2D eigenvalue weighted by Gasteiger charge is 2.03. The second-order valence-corrected chi connectivity index (χ2v) is 2.66. The number of nitrogens with zero attached hydrogens (tertiary/aromatic N) is 1. The van der Waals surface area contributed by atoms with E-state index >= 15 is 0 Å². The van der Waals surface area contributed by atoms with Crippen molar-refractivity contribution in [1.29, 1.82) is 0 Å². The molecule has 10 heavy (non-hydrogen) atoms. The van der Waals surface area contributed by atoms with E-state index in [1.807, 2.05) is 25.1 Å². The number of allylic oxidation sites excluding steroid dienone is 1. The van der Waals surface area contributed by atoms with Crippen molar-refractivity contribution in [3.8, 4) is 0 Å². The summed E-state index contributed by atoms with van der Waals surface area (Å²) in [6.45, 7) is 3.61. The lowest BCUT2D eigenvalue weighted by Gasteiger charge is -2.17. The van der Waals surface area contributed by atoms with Gasteiger partial charge in [-0.05, 0) is 33.4 Å². The second-order valence-electron chi connectivity index (χ2n) is 2.66. The van der Waals surface area contributed by atoms with Gasteiger partial charge in [0.15, 0.2) is 0 Å². The van der Waals surface area contributed by atoms with Crippen molar-refractivity contribution in [2.24, 2.45) is 0 Å². The minimum Gasteiger partial charge on any atom is -0.378 e. The Bertz CT molecular complexity index is 91.3. The molecule has 0 aromatic rings. The molecule has 60 valence electrons. The summed E-state index contributed by atoms with van der Waals surface area (Å²) in [5.74, 6) is 0. The molecule has 1 atom stereocenters. The fourth-order valence-corrected chi connectivity index (χ4v) is 0.703. The van der Waals surface area contributed by atoms with E-state index in [1.165, 1.54) is 0 Å². The Labute approximate surface area is 63.2 Å². The van der Waals surface area contributed by atoms with Crippen molar-refractivity contribution >= 4 is 0 Å². The van der Waals surface area contributed by atoms with Gasteiger partial charge >= 0.3 is 0 Å². The Kier molecular flexibility index (Phi) is 5.26. The minimum atomic E-state index is -0.292. The molecular formula is C8H17NO. The number of aliphatic hydroxyl groups is 1. The van der Waals surface area contributed by atoms with E-state index < -0.39 is 0 Å². The lowest BCUT2D eigenvalue weighted by molar-refractivity contribution is 0.0321. The third-order valence-electron chi connectivity index (χ3n) is 1.47. The average molecular weight is 143 g/mol. The zero-order valence-electron chi connectivity index (χ0n) is 6.88. The summed E-state index contributed by atoms with van der Waals surface area (Å²) in [6.07, 6.45) is 4.43. The molecule has 0 aromatic heterocycles. The van der Waals surface area contributed by atoms with E-state index in [-0.39, 0.29) is 6.23 Å². The molecule has 0 saturated heterocycles. The average Bonchev–Trinajstić information content (AvgIpc) is 1.88. The Balaban J connectivity index is 3.21. The minimum absolute atomic E-state index is 0.292. The maximum atomic E-state index is 9.24. The zero-order valence-corrected chi connectivity index (χ0v) is 6.88. The molecule has 1 unspecified atom stereocenters. The van der Waals surface area contributed by atoms with Gasteiger partial charge in [-0.15, -0.1) is 6.58 Å². The van der Waals surface area contributed by atoms with E-state index in [2.05, 4.69) is 6.58 Å². The molecule has 2 nitrogen and oxygen atoms in total. The van der Waals surface area contributed by atoms with E-state index in [0.717, 1.165) is 19.3 Å². The van der Waals surface area contributed by atoms with E-state index in [9.17, 15) is 5.11 Å². The van der Waals surface area contributed by atoms with Crippen LogP contribution in [0.25, 0.3) is 0 Å². The highest BCUT2D eigenvalue weighted by Crippen LogP contribution is 2.02. The molecule has 1 N–H and O–H groups in total. The van der Waals surface area contributed by atoms with Crippen LogP contribution in [0.1, 0.15) is 19.3 Å². The fourth-order valence-electron chi connectivity index (χ4n) is 0.703. The summed E-state index contributed by atoms with van der Waals surface area (Å²) in [5.41, 5.74) is 0. The van der Waals surface area contributed by atoms with Crippen molar-refractivity contribution in [3.05, 3.63) is 12.7 Å². The summed E-state index contributed by atoms with van der Waals surface area (Å²) in [5, 5.41) is 9.24. The zero-order chi connectivity index (χ0) is 7.98. The number of hydrogen-bond donors (Lipinski definition) is 1. The van der Waals surface area contributed by atoms with Gasteiger partial charge < -0.3 is 5.11 Å². The molecule has 0 radical (unpaired) electrons. The van der Waals surface area contributed by atoms with Gasteiger partial charge in [0, 0.05) is 0 Å². The van der Waals surface area contributed by atoms with Gasteiger partial charge in [0.05, 0.1) is 0 Å². The summed E-state index contributed by atoms with van der Waals surface area (Å²) < 4.78 is 0. The Hall–Kier alpha value is -0.340. The first-order chi connectivity index (χ1) is 4.68. The molecular weight excluding hydrogens is 126 g/mol. The standard InChI is InChI=1S/C8H17NO/c1-4-5-6-7-8(10)9(2)3/h4,8,10H,1,5-7H2,2-3H3. The van der Waals surface area contributed by atoms with Gasteiger partial charge in [0.25, 0.3) is 0 Å². The Morgan fingerprint density at radius 2 is 2.20 bits per heavy atom. The lowest BCUT2D eigenvalue weighted by Crippen LogP contribution is -2.26. The number of unbranched alkanes of at least 4 members (excludes halogenated alkanes) is 1. The highest BCUT2D eigenvalue weighted by atomic mass is 16.3. The molecule has 0 fully saturated rings. The normalized spacial score (nSPS) is 13.6. The quantitative estimate of drug-likeness (QED) is 0.355. The fraction of sp³-hybridized carbons (Fsp3) is 0.750. The SMILES string of the molecule is C=CCCCC(O)N(C)C. The van der Waals surface area contributed by atoms with Crippen molar-refractivity contribution < 1.29 is 5.11 Å². The van der Waals surface area contributed by atoms with Crippen LogP contribution >= 0.6 is 0 Å². The molecule has 0 amide bonds. The largest absolute Gasteiger partial charge is 0.378 e. The van der Waals surface area contributed by atoms with Gasteiger partial charge in [-0.3, -0.25) is 4.90 Å². The molecule has 0 saturated carbocycles. The molecule has 0 spiro atoms. The van der Waals surface area contributed by atoms with Crippen LogP contribution in [0.2, 0.25) is 0 Å². The molecule has 0 aromatic carbocycles. The summed E-state index contributed by atoms with van der Waals surface area (Å²) in [7, 11) is 3.75. The molecule has 0 heterocycles. The van der Waals surface area contributed by atoms with Crippen LogP contribution < -0.4 is 0 Å². The highest BCUT2D eigenvalue weighted by molar-refractivity contribution is 4.66. The molecule has 0 rings (SSSR count).